The summed E-state index contributed by atoms with van der Waals surface area (Å²) in [5.41, 5.74) is 0.931. The second-order valence-electron chi connectivity index (χ2n) is 5.10. The van der Waals surface area contributed by atoms with Crippen molar-refractivity contribution >= 4 is 24.0 Å². The van der Waals surface area contributed by atoms with E-state index in [2.05, 4.69) is 10.6 Å². The average molecular weight is 314 g/mol. The van der Waals surface area contributed by atoms with Crippen molar-refractivity contribution in [1.29, 1.82) is 0 Å². The van der Waals surface area contributed by atoms with Gasteiger partial charge in [0.15, 0.2) is 0 Å². The third kappa shape index (κ3) is 5.69. The molecule has 0 saturated carbocycles. The molecule has 1 aliphatic rings. The van der Waals surface area contributed by atoms with Gasteiger partial charge in [0.25, 0.3) is 5.69 Å². The zero-order valence-electron chi connectivity index (χ0n) is 11.7. The summed E-state index contributed by atoms with van der Waals surface area (Å²) in [6, 6.07) is 6.23. The van der Waals surface area contributed by atoms with Gasteiger partial charge in [-0.15, -0.1) is 12.4 Å². The number of rotatable bonds is 6. The van der Waals surface area contributed by atoms with Crippen molar-refractivity contribution in [2.45, 2.75) is 25.8 Å². The maximum Gasteiger partial charge on any atom is 0.269 e. The van der Waals surface area contributed by atoms with Crippen molar-refractivity contribution in [1.82, 2.24) is 10.6 Å². The van der Waals surface area contributed by atoms with Crippen LogP contribution < -0.4 is 10.6 Å². The van der Waals surface area contributed by atoms with Gasteiger partial charge in [0.1, 0.15) is 0 Å². The molecule has 1 amide bonds. The van der Waals surface area contributed by atoms with Crippen LogP contribution in [0.2, 0.25) is 0 Å². The van der Waals surface area contributed by atoms with Crippen molar-refractivity contribution in [3.8, 4) is 0 Å². The Morgan fingerprint density at radius 1 is 1.38 bits per heavy atom. The van der Waals surface area contributed by atoms with E-state index in [1.165, 1.54) is 12.1 Å². The van der Waals surface area contributed by atoms with E-state index in [4.69, 9.17) is 0 Å². The molecule has 2 rings (SSSR count). The van der Waals surface area contributed by atoms with Gasteiger partial charge in [-0.05, 0) is 37.4 Å². The fraction of sp³-hybridized carbons (Fsp3) is 0.500. The van der Waals surface area contributed by atoms with E-state index in [0.29, 0.717) is 18.9 Å². The SMILES string of the molecule is Cl.O=C(CCC1CCNC1)NCc1ccc([N+](=O)[O-])cc1. The van der Waals surface area contributed by atoms with Crippen molar-refractivity contribution < 1.29 is 9.72 Å². The molecular formula is C14H20ClN3O3. The van der Waals surface area contributed by atoms with Crippen molar-refractivity contribution in [3.05, 3.63) is 39.9 Å². The standard InChI is InChI=1S/C14H19N3O3.ClH/c18-14(6-3-12-7-8-15-9-12)16-10-11-1-4-13(5-2-11)17(19)20;/h1-2,4-5,12,15H,3,6-10H2,(H,16,18);1H. The molecule has 1 aromatic carbocycles. The number of halogens is 1. The molecule has 7 heteroatoms. The maximum atomic E-state index is 11.7. The molecule has 116 valence electrons. The number of benzene rings is 1. The van der Waals surface area contributed by atoms with Crippen LogP contribution in [0.5, 0.6) is 0 Å². The summed E-state index contributed by atoms with van der Waals surface area (Å²) in [4.78, 5) is 21.8. The lowest BCUT2D eigenvalue weighted by Gasteiger charge is -2.08. The molecule has 0 aromatic heterocycles. The molecule has 0 radical (unpaired) electrons. The smallest absolute Gasteiger partial charge is 0.269 e. The van der Waals surface area contributed by atoms with E-state index < -0.39 is 4.92 Å². The number of nitrogens with zero attached hydrogens (tertiary/aromatic N) is 1. The molecule has 2 N–H and O–H groups in total. The van der Waals surface area contributed by atoms with Gasteiger partial charge in [-0.1, -0.05) is 12.1 Å². The first kappa shape index (κ1) is 17.4. The van der Waals surface area contributed by atoms with Crippen LogP contribution in [0, 0.1) is 16.0 Å². The van der Waals surface area contributed by atoms with Crippen LogP contribution in [0.15, 0.2) is 24.3 Å². The number of carbonyl (C=O) groups is 1. The first-order valence-electron chi connectivity index (χ1n) is 6.86. The summed E-state index contributed by atoms with van der Waals surface area (Å²) in [5, 5.41) is 16.6. The Morgan fingerprint density at radius 2 is 2.10 bits per heavy atom. The minimum absolute atomic E-state index is 0. The first-order valence-corrected chi connectivity index (χ1v) is 6.86. The normalized spacial score (nSPS) is 17.0. The molecule has 0 bridgehead atoms. The van der Waals surface area contributed by atoms with Gasteiger partial charge in [-0.2, -0.15) is 0 Å². The first-order chi connectivity index (χ1) is 9.65. The molecular weight excluding hydrogens is 294 g/mol. The molecule has 1 fully saturated rings. The lowest BCUT2D eigenvalue weighted by molar-refractivity contribution is -0.384. The number of carbonyl (C=O) groups excluding carboxylic acids is 1. The van der Waals surface area contributed by atoms with Crippen LogP contribution in [-0.4, -0.2) is 23.9 Å². The summed E-state index contributed by atoms with van der Waals surface area (Å²) >= 11 is 0. The Morgan fingerprint density at radius 3 is 2.67 bits per heavy atom. The highest BCUT2D eigenvalue weighted by molar-refractivity contribution is 5.85. The van der Waals surface area contributed by atoms with Gasteiger partial charge in [0.2, 0.25) is 5.91 Å². The predicted octanol–water partition coefficient (Wildman–Crippen LogP) is 2.02. The second kappa shape index (κ2) is 8.59. The molecule has 21 heavy (non-hydrogen) atoms. The topological polar surface area (TPSA) is 84.3 Å². The molecule has 1 aliphatic heterocycles. The van der Waals surface area contributed by atoms with E-state index in [-0.39, 0.29) is 24.0 Å². The van der Waals surface area contributed by atoms with Crippen LogP contribution in [-0.2, 0) is 11.3 Å². The van der Waals surface area contributed by atoms with E-state index in [1.807, 2.05) is 0 Å². The van der Waals surface area contributed by atoms with Crippen LogP contribution in [0.25, 0.3) is 0 Å². The quantitative estimate of drug-likeness (QED) is 0.621. The lowest BCUT2D eigenvalue weighted by atomic mass is 10.0. The van der Waals surface area contributed by atoms with Gasteiger partial charge in [-0.3, -0.25) is 14.9 Å². The fourth-order valence-corrected chi connectivity index (χ4v) is 2.32. The zero-order chi connectivity index (χ0) is 14.4. The molecule has 1 atom stereocenters. The summed E-state index contributed by atoms with van der Waals surface area (Å²) < 4.78 is 0. The van der Waals surface area contributed by atoms with E-state index in [1.54, 1.807) is 12.1 Å². The van der Waals surface area contributed by atoms with Crippen molar-refractivity contribution in [3.63, 3.8) is 0 Å². The number of nitro benzene ring substituents is 1. The Labute approximate surface area is 129 Å². The Bertz CT molecular complexity index is 473. The second-order valence-corrected chi connectivity index (χ2v) is 5.10. The van der Waals surface area contributed by atoms with Gasteiger partial charge >= 0.3 is 0 Å². The Kier molecular flexibility index (Phi) is 7.11. The number of hydrogen-bond donors (Lipinski definition) is 2. The van der Waals surface area contributed by atoms with Crippen molar-refractivity contribution in [2.24, 2.45) is 5.92 Å². The van der Waals surface area contributed by atoms with Crippen LogP contribution >= 0.6 is 12.4 Å². The molecule has 1 aromatic rings. The van der Waals surface area contributed by atoms with Crippen molar-refractivity contribution in [2.75, 3.05) is 13.1 Å². The molecule has 0 aliphatic carbocycles. The third-order valence-electron chi connectivity index (χ3n) is 3.58. The fourth-order valence-electron chi connectivity index (χ4n) is 2.32. The van der Waals surface area contributed by atoms with E-state index in [0.717, 1.165) is 31.5 Å². The summed E-state index contributed by atoms with van der Waals surface area (Å²) in [6.07, 6.45) is 2.61. The number of amides is 1. The lowest BCUT2D eigenvalue weighted by Crippen LogP contribution is -2.23. The third-order valence-corrected chi connectivity index (χ3v) is 3.58. The average Bonchev–Trinajstić information content (AvgIpc) is 2.96. The van der Waals surface area contributed by atoms with Crippen LogP contribution in [0.1, 0.15) is 24.8 Å². The molecule has 0 spiro atoms. The molecule has 6 nitrogen and oxygen atoms in total. The summed E-state index contributed by atoms with van der Waals surface area (Å²) in [7, 11) is 0. The van der Waals surface area contributed by atoms with Gasteiger partial charge in [-0.25, -0.2) is 0 Å². The molecule has 1 unspecified atom stereocenters. The number of non-ortho nitro benzene ring substituents is 1. The minimum atomic E-state index is -0.433. The Balaban J connectivity index is 0.00000220. The number of nitro groups is 1. The number of hydrogen-bond acceptors (Lipinski definition) is 4. The van der Waals surface area contributed by atoms with Gasteiger partial charge in [0.05, 0.1) is 4.92 Å². The summed E-state index contributed by atoms with van der Waals surface area (Å²) in [6.45, 7) is 2.48. The highest BCUT2D eigenvalue weighted by Crippen LogP contribution is 2.14. The van der Waals surface area contributed by atoms with Crippen LogP contribution in [0.3, 0.4) is 0 Å². The van der Waals surface area contributed by atoms with Gasteiger partial charge in [0, 0.05) is 25.1 Å². The van der Waals surface area contributed by atoms with E-state index in [9.17, 15) is 14.9 Å². The summed E-state index contributed by atoms with van der Waals surface area (Å²) in [5.74, 6) is 0.648. The van der Waals surface area contributed by atoms with Crippen LogP contribution in [0.4, 0.5) is 5.69 Å². The predicted molar refractivity (Wildman–Crippen MR) is 82.4 cm³/mol. The molecule has 1 heterocycles. The minimum Gasteiger partial charge on any atom is -0.352 e. The number of nitrogens with one attached hydrogen (secondary N) is 2. The van der Waals surface area contributed by atoms with E-state index >= 15 is 0 Å². The largest absolute Gasteiger partial charge is 0.352 e. The highest BCUT2D eigenvalue weighted by Gasteiger charge is 2.15. The molecule has 1 saturated heterocycles. The zero-order valence-corrected chi connectivity index (χ0v) is 12.5. The van der Waals surface area contributed by atoms with Gasteiger partial charge < -0.3 is 10.6 Å². The highest BCUT2D eigenvalue weighted by atomic mass is 35.5. The maximum absolute atomic E-state index is 11.7. The Hall–Kier alpha value is -1.66. The monoisotopic (exact) mass is 313 g/mol.